The normalized spacial score (nSPS) is 11.3. The van der Waals surface area contributed by atoms with E-state index < -0.39 is 12.1 Å². The summed E-state index contributed by atoms with van der Waals surface area (Å²) < 4.78 is 5.11. The fourth-order valence-electron chi connectivity index (χ4n) is 2.26. The minimum atomic E-state index is -0.681. The zero-order chi connectivity index (χ0) is 18.9. The Hall–Kier alpha value is -3.02. The molecule has 2 aromatic rings. The number of anilines is 1. The molecule has 0 saturated carbocycles. The van der Waals surface area contributed by atoms with Crippen LogP contribution in [0.5, 0.6) is 0 Å². The molecule has 138 valence electrons. The number of carbonyl (C=O) groups is 2. The summed E-state index contributed by atoms with van der Waals surface area (Å²) in [6.07, 6.45) is -0.619. The van der Waals surface area contributed by atoms with Gasteiger partial charge >= 0.3 is 6.09 Å². The standard InChI is InChI=1S/C20H25N3O3/c1-15(22-20(25)26-14-17-7-5-4-6-8-17)19(24)21-13-16-9-11-18(12-10-16)23(2)3/h4-12,15H,13-14H2,1-3H3,(H,21,24)(H,22,25). The van der Waals surface area contributed by atoms with Gasteiger partial charge in [-0.05, 0) is 30.2 Å². The van der Waals surface area contributed by atoms with Gasteiger partial charge in [0.15, 0.2) is 0 Å². The van der Waals surface area contributed by atoms with Gasteiger partial charge < -0.3 is 20.3 Å². The second-order valence-corrected chi connectivity index (χ2v) is 6.21. The summed E-state index contributed by atoms with van der Waals surface area (Å²) in [6, 6.07) is 16.6. The van der Waals surface area contributed by atoms with Crippen LogP contribution >= 0.6 is 0 Å². The molecule has 1 atom stereocenters. The van der Waals surface area contributed by atoms with Gasteiger partial charge in [-0.3, -0.25) is 4.79 Å². The highest BCUT2D eigenvalue weighted by Crippen LogP contribution is 2.12. The van der Waals surface area contributed by atoms with Crippen molar-refractivity contribution in [1.29, 1.82) is 0 Å². The SMILES string of the molecule is CC(NC(=O)OCc1ccccc1)C(=O)NCc1ccc(N(C)C)cc1. The van der Waals surface area contributed by atoms with Crippen molar-refractivity contribution in [2.24, 2.45) is 0 Å². The molecule has 2 N–H and O–H groups in total. The lowest BCUT2D eigenvalue weighted by atomic mass is 10.2. The lowest BCUT2D eigenvalue weighted by Gasteiger charge is -2.15. The fraction of sp³-hybridized carbons (Fsp3) is 0.300. The minimum Gasteiger partial charge on any atom is -0.445 e. The highest BCUT2D eigenvalue weighted by atomic mass is 16.5. The van der Waals surface area contributed by atoms with Crippen LogP contribution < -0.4 is 15.5 Å². The van der Waals surface area contributed by atoms with Crippen LogP contribution in [0.4, 0.5) is 10.5 Å². The van der Waals surface area contributed by atoms with Crippen LogP contribution in [-0.2, 0) is 22.7 Å². The second-order valence-electron chi connectivity index (χ2n) is 6.21. The smallest absolute Gasteiger partial charge is 0.408 e. The molecule has 0 bridgehead atoms. The fourth-order valence-corrected chi connectivity index (χ4v) is 2.26. The van der Waals surface area contributed by atoms with Crippen molar-refractivity contribution in [3.8, 4) is 0 Å². The van der Waals surface area contributed by atoms with Crippen molar-refractivity contribution in [3.63, 3.8) is 0 Å². The molecule has 0 heterocycles. The number of rotatable bonds is 7. The van der Waals surface area contributed by atoms with E-state index in [1.54, 1.807) is 6.92 Å². The van der Waals surface area contributed by atoms with Crippen LogP contribution in [0.1, 0.15) is 18.1 Å². The zero-order valence-electron chi connectivity index (χ0n) is 15.4. The van der Waals surface area contributed by atoms with Crippen LogP contribution in [0.15, 0.2) is 54.6 Å². The van der Waals surface area contributed by atoms with Gasteiger partial charge in [0.2, 0.25) is 5.91 Å². The number of amides is 2. The molecule has 0 aliphatic carbocycles. The van der Waals surface area contributed by atoms with E-state index >= 15 is 0 Å². The molecular weight excluding hydrogens is 330 g/mol. The minimum absolute atomic E-state index is 0.166. The van der Waals surface area contributed by atoms with Gasteiger partial charge in [0, 0.05) is 26.3 Å². The number of alkyl carbamates (subject to hydrolysis) is 1. The molecule has 6 nitrogen and oxygen atoms in total. The van der Waals surface area contributed by atoms with Crippen LogP contribution in [-0.4, -0.2) is 32.1 Å². The van der Waals surface area contributed by atoms with Crippen molar-refractivity contribution in [1.82, 2.24) is 10.6 Å². The Morgan fingerprint density at radius 1 is 1.00 bits per heavy atom. The van der Waals surface area contributed by atoms with Gasteiger partial charge in [0.05, 0.1) is 0 Å². The van der Waals surface area contributed by atoms with Gasteiger partial charge in [-0.2, -0.15) is 0 Å². The van der Waals surface area contributed by atoms with E-state index in [0.717, 1.165) is 16.8 Å². The Morgan fingerprint density at radius 3 is 2.27 bits per heavy atom. The van der Waals surface area contributed by atoms with Crippen molar-refractivity contribution in [3.05, 3.63) is 65.7 Å². The largest absolute Gasteiger partial charge is 0.445 e. The highest BCUT2D eigenvalue weighted by Gasteiger charge is 2.16. The number of carbonyl (C=O) groups excluding carboxylic acids is 2. The average Bonchev–Trinajstić information content (AvgIpc) is 2.65. The van der Waals surface area contributed by atoms with Crippen molar-refractivity contribution < 1.29 is 14.3 Å². The average molecular weight is 355 g/mol. The van der Waals surface area contributed by atoms with Gasteiger partial charge in [-0.25, -0.2) is 4.79 Å². The summed E-state index contributed by atoms with van der Waals surface area (Å²) in [7, 11) is 3.95. The molecule has 0 radical (unpaired) electrons. The third-order valence-corrected chi connectivity index (χ3v) is 3.86. The molecule has 6 heteroatoms. The molecule has 0 aliphatic heterocycles. The van der Waals surface area contributed by atoms with Gasteiger partial charge in [0.25, 0.3) is 0 Å². The molecule has 1 unspecified atom stereocenters. The maximum Gasteiger partial charge on any atom is 0.408 e. The number of hydrogen-bond acceptors (Lipinski definition) is 4. The lowest BCUT2D eigenvalue weighted by Crippen LogP contribution is -2.44. The lowest BCUT2D eigenvalue weighted by molar-refractivity contribution is -0.122. The summed E-state index contributed by atoms with van der Waals surface area (Å²) >= 11 is 0. The first-order valence-corrected chi connectivity index (χ1v) is 8.47. The van der Waals surface area contributed by atoms with E-state index in [0.29, 0.717) is 6.54 Å². The Balaban J connectivity index is 1.73. The first-order valence-electron chi connectivity index (χ1n) is 8.47. The first-order chi connectivity index (χ1) is 12.5. The third-order valence-electron chi connectivity index (χ3n) is 3.86. The number of nitrogens with zero attached hydrogens (tertiary/aromatic N) is 1. The predicted octanol–water partition coefficient (Wildman–Crippen LogP) is 2.68. The molecule has 26 heavy (non-hydrogen) atoms. The summed E-state index contributed by atoms with van der Waals surface area (Å²) in [5, 5.41) is 5.33. The molecule has 2 rings (SSSR count). The molecule has 0 fully saturated rings. The maximum absolute atomic E-state index is 12.1. The van der Waals surface area contributed by atoms with E-state index in [4.69, 9.17) is 4.74 Å². The highest BCUT2D eigenvalue weighted by molar-refractivity contribution is 5.85. The summed E-state index contributed by atoms with van der Waals surface area (Å²) in [4.78, 5) is 25.9. The van der Waals surface area contributed by atoms with Gasteiger partial charge in [-0.15, -0.1) is 0 Å². The summed E-state index contributed by atoms with van der Waals surface area (Å²) in [5.41, 5.74) is 2.97. The third kappa shape index (κ3) is 6.12. The van der Waals surface area contributed by atoms with Crippen LogP contribution in [0.3, 0.4) is 0 Å². The number of benzene rings is 2. The summed E-state index contributed by atoms with van der Waals surface area (Å²) in [5.74, 6) is -0.265. The molecule has 0 aromatic heterocycles. The van der Waals surface area contributed by atoms with E-state index in [2.05, 4.69) is 10.6 Å². The molecule has 2 aromatic carbocycles. The zero-order valence-corrected chi connectivity index (χ0v) is 15.4. The Bertz CT molecular complexity index is 715. The molecule has 0 aliphatic rings. The number of hydrogen-bond donors (Lipinski definition) is 2. The number of ether oxygens (including phenoxy) is 1. The molecule has 0 spiro atoms. The van der Waals surface area contributed by atoms with E-state index in [9.17, 15) is 9.59 Å². The van der Waals surface area contributed by atoms with Crippen molar-refractivity contribution >= 4 is 17.7 Å². The molecule has 0 saturated heterocycles. The quantitative estimate of drug-likeness (QED) is 0.801. The van der Waals surface area contributed by atoms with Gasteiger partial charge in [0.1, 0.15) is 12.6 Å². The van der Waals surface area contributed by atoms with Gasteiger partial charge in [-0.1, -0.05) is 42.5 Å². The van der Waals surface area contributed by atoms with E-state index in [1.807, 2.05) is 73.6 Å². The Labute approximate surface area is 154 Å². The monoisotopic (exact) mass is 355 g/mol. The first kappa shape index (κ1) is 19.3. The van der Waals surface area contributed by atoms with Crippen molar-refractivity contribution in [2.75, 3.05) is 19.0 Å². The molecular formula is C20H25N3O3. The number of nitrogens with one attached hydrogen (secondary N) is 2. The van der Waals surface area contributed by atoms with E-state index in [-0.39, 0.29) is 12.5 Å². The topological polar surface area (TPSA) is 70.7 Å². The van der Waals surface area contributed by atoms with Crippen LogP contribution in [0.2, 0.25) is 0 Å². The molecule has 2 amide bonds. The van der Waals surface area contributed by atoms with Crippen LogP contribution in [0.25, 0.3) is 0 Å². The van der Waals surface area contributed by atoms with Crippen molar-refractivity contribution in [2.45, 2.75) is 26.1 Å². The predicted molar refractivity (Wildman–Crippen MR) is 102 cm³/mol. The Kier molecular flexibility index (Phi) is 7.02. The summed E-state index contributed by atoms with van der Waals surface area (Å²) in [6.45, 7) is 2.19. The Morgan fingerprint density at radius 2 is 1.65 bits per heavy atom. The van der Waals surface area contributed by atoms with Crippen LogP contribution in [0, 0.1) is 0 Å². The van der Waals surface area contributed by atoms with E-state index in [1.165, 1.54) is 0 Å². The maximum atomic E-state index is 12.1. The second kappa shape index (κ2) is 9.46.